The van der Waals surface area contributed by atoms with Crippen molar-refractivity contribution in [3.05, 3.63) is 78.8 Å². The zero-order valence-corrected chi connectivity index (χ0v) is 15.3. The molecule has 0 saturated carbocycles. The quantitative estimate of drug-likeness (QED) is 0.646. The highest BCUT2D eigenvalue weighted by atomic mass is 16.2. The molecular formula is C22H18N4O2. The summed E-state index contributed by atoms with van der Waals surface area (Å²) in [5, 5.41) is 5.62. The molecule has 0 fully saturated rings. The minimum Gasteiger partial charge on any atom is -0.298 e. The van der Waals surface area contributed by atoms with Crippen LogP contribution in [0.2, 0.25) is 0 Å². The maximum Gasteiger partial charge on any atom is 0.263 e. The molecule has 1 aliphatic rings. The van der Waals surface area contributed by atoms with E-state index in [1.165, 1.54) is 5.01 Å². The van der Waals surface area contributed by atoms with Crippen molar-refractivity contribution in [3.63, 3.8) is 0 Å². The number of Topliss-reactive ketones (excluding diaryl/α,β-unsaturated/α-hetero) is 1. The molecule has 0 radical (unpaired) electrons. The number of aromatic nitrogens is 2. The molecule has 2 aromatic carbocycles. The van der Waals surface area contributed by atoms with Crippen LogP contribution < -0.4 is 5.01 Å². The lowest BCUT2D eigenvalue weighted by molar-refractivity contribution is -0.128. The Hall–Kier alpha value is -3.67. The van der Waals surface area contributed by atoms with E-state index in [1.807, 2.05) is 42.5 Å². The summed E-state index contributed by atoms with van der Waals surface area (Å²) in [6.07, 6.45) is 5.07. The first kappa shape index (κ1) is 17.7. The van der Waals surface area contributed by atoms with Gasteiger partial charge in [-0.2, -0.15) is 10.1 Å². The first-order valence-corrected chi connectivity index (χ1v) is 8.95. The molecule has 0 aliphatic carbocycles. The largest absolute Gasteiger partial charge is 0.298 e. The Kier molecular flexibility index (Phi) is 4.76. The summed E-state index contributed by atoms with van der Waals surface area (Å²) >= 11 is 0. The van der Waals surface area contributed by atoms with E-state index < -0.39 is 5.92 Å². The molecule has 1 unspecified atom stereocenters. The SMILES string of the molecule is CC1=NN(c2ccccc2)C(=O)C1C(=O)Cc1cccc(-c2cnccn2)c1. The van der Waals surface area contributed by atoms with Gasteiger partial charge in [-0.3, -0.25) is 19.6 Å². The van der Waals surface area contributed by atoms with Crippen molar-refractivity contribution < 1.29 is 9.59 Å². The Morgan fingerprint density at radius 1 is 1.07 bits per heavy atom. The van der Waals surface area contributed by atoms with E-state index in [-0.39, 0.29) is 18.1 Å². The van der Waals surface area contributed by atoms with Gasteiger partial charge in [0, 0.05) is 24.4 Å². The van der Waals surface area contributed by atoms with Gasteiger partial charge in [0.2, 0.25) is 0 Å². The van der Waals surface area contributed by atoms with Crippen molar-refractivity contribution >= 4 is 23.1 Å². The number of benzene rings is 2. The number of anilines is 1. The number of rotatable bonds is 5. The van der Waals surface area contributed by atoms with Crippen molar-refractivity contribution in [2.75, 3.05) is 5.01 Å². The second-order valence-corrected chi connectivity index (χ2v) is 6.59. The molecule has 1 aliphatic heterocycles. The predicted molar refractivity (Wildman–Crippen MR) is 107 cm³/mol. The fourth-order valence-corrected chi connectivity index (χ4v) is 3.28. The normalized spacial score (nSPS) is 16.2. The number of hydrogen-bond donors (Lipinski definition) is 0. The summed E-state index contributed by atoms with van der Waals surface area (Å²) in [7, 11) is 0. The molecule has 1 atom stereocenters. The second kappa shape index (κ2) is 7.52. The lowest BCUT2D eigenvalue weighted by atomic mass is 9.93. The van der Waals surface area contributed by atoms with Crippen molar-refractivity contribution in [1.29, 1.82) is 0 Å². The van der Waals surface area contributed by atoms with E-state index >= 15 is 0 Å². The molecule has 1 amide bonds. The number of nitrogens with zero attached hydrogens (tertiary/aromatic N) is 4. The standard InChI is InChI=1S/C22H18N4O2/c1-15-21(22(28)26(25-15)18-8-3-2-4-9-18)20(27)13-16-6-5-7-17(12-16)19-14-23-10-11-24-19/h2-12,14,21H,13H2,1H3. The minimum atomic E-state index is -0.847. The topological polar surface area (TPSA) is 75.5 Å². The third-order valence-corrected chi connectivity index (χ3v) is 4.62. The van der Waals surface area contributed by atoms with Crippen molar-refractivity contribution in [1.82, 2.24) is 9.97 Å². The lowest BCUT2D eigenvalue weighted by Gasteiger charge is -2.14. The summed E-state index contributed by atoms with van der Waals surface area (Å²) < 4.78 is 0. The number of amides is 1. The summed E-state index contributed by atoms with van der Waals surface area (Å²) in [6.45, 7) is 1.72. The average molecular weight is 370 g/mol. The summed E-state index contributed by atoms with van der Waals surface area (Å²) in [4.78, 5) is 34.1. The van der Waals surface area contributed by atoms with Crippen LogP contribution in [0, 0.1) is 5.92 Å². The van der Waals surface area contributed by atoms with Crippen LogP contribution in [0.4, 0.5) is 5.69 Å². The highest BCUT2D eigenvalue weighted by Crippen LogP contribution is 2.25. The smallest absolute Gasteiger partial charge is 0.263 e. The molecule has 4 rings (SSSR count). The van der Waals surface area contributed by atoms with Crippen LogP contribution in [0.5, 0.6) is 0 Å². The van der Waals surface area contributed by atoms with E-state index in [4.69, 9.17) is 0 Å². The van der Waals surface area contributed by atoms with Crippen LogP contribution in [-0.2, 0) is 16.0 Å². The number of carbonyl (C=O) groups is 2. The highest BCUT2D eigenvalue weighted by Gasteiger charge is 2.39. The Bertz CT molecular complexity index is 1050. The van der Waals surface area contributed by atoms with Crippen LogP contribution in [0.25, 0.3) is 11.3 Å². The molecule has 1 aromatic heterocycles. The van der Waals surface area contributed by atoms with E-state index in [1.54, 1.807) is 37.6 Å². The average Bonchev–Trinajstić information content (AvgIpc) is 3.03. The molecule has 6 nitrogen and oxygen atoms in total. The monoisotopic (exact) mass is 370 g/mol. The van der Waals surface area contributed by atoms with Crippen LogP contribution in [-0.4, -0.2) is 27.4 Å². The Morgan fingerprint density at radius 2 is 1.89 bits per heavy atom. The number of para-hydroxylation sites is 1. The molecular weight excluding hydrogens is 352 g/mol. The Labute approximate surface area is 162 Å². The molecule has 2 heterocycles. The van der Waals surface area contributed by atoms with Gasteiger partial charge < -0.3 is 0 Å². The first-order valence-electron chi connectivity index (χ1n) is 8.95. The van der Waals surface area contributed by atoms with Gasteiger partial charge >= 0.3 is 0 Å². The van der Waals surface area contributed by atoms with Crippen LogP contribution in [0.1, 0.15) is 12.5 Å². The maximum atomic E-state index is 12.9. The van der Waals surface area contributed by atoms with Gasteiger partial charge in [0.25, 0.3) is 5.91 Å². The number of ketones is 1. The van der Waals surface area contributed by atoms with Crippen LogP contribution in [0.3, 0.4) is 0 Å². The van der Waals surface area contributed by atoms with Gasteiger partial charge in [-0.05, 0) is 30.7 Å². The van der Waals surface area contributed by atoms with Gasteiger partial charge in [0.15, 0.2) is 5.78 Å². The van der Waals surface area contributed by atoms with Gasteiger partial charge in [-0.15, -0.1) is 0 Å². The number of hydrazone groups is 1. The highest BCUT2D eigenvalue weighted by molar-refractivity contribution is 6.27. The fraction of sp³-hybridized carbons (Fsp3) is 0.136. The van der Waals surface area contributed by atoms with Gasteiger partial charge in [0.05, 0.1) is 23.3 Å². The van der Waals surface area contributed by atoms with Gasteiger partial charge in [-0.25, -0.2) is 0 Å². The predicted octanol–water partition coefficient (Wildman–Crippen LogP) is 3.29. The number of hydrogen-bond acceptors (Lipinski definition) is 5. The molecule has 0 saturated heterocycles. The van der Waals surface area contributed by atoms with E-state index in [0.29, 0.717) is 11.4 Å². The van der Waals surface area contributed by atoms with Crippen molar-refractivity contribution in [3.8, 4) is 11.3 Å². The molecule has 6 heteroatoms. The third-order valence-electron chi connectivity index (χ3n) is 4.62. The molecule has 28 heavy (non-hydrogen) atoms. The molecule has 3 aromatic rings. The third kappa shape index (κ3) is 3.44. The summed E-state index contributed by atoms with van der Waals surface area (Å²) in [6, 6.07) is 16.7. The minimum absolute atomic E-state index is 0.153. The van der Waals surface area contributed by atoms with E-state index in [0.717, 1.165) is 16.8 Å². The Morgan fingerprint density at radius 3 is 2.64 bits per heavy atom. The van der Waals surface area contributed by atoms with E-state index in [2.05, 4.69) is 15.1 Å². The second-order valence-electron chi connectivity index (χ2n) is 6.59. The molecule has 0 spiro atoms. The zero-order valence-electron chi connectivity index (χ0n) is 15.3. The van der Waals surface area contributed by atoms with Crippen LogP contribution >= 0.6 is 0 Å². The van der Waals surface area contributed by atoms with Crippen LogP contribution in [0.15, 0.2) is 78.3 Å². The maximum absolute atomic E-state index is 12.9. The lowest BCUT2D eigenvalue weighted by Crippen LogP contribution is -2.33. The molecule has 0 N–H and O–H groups in total. The van der Waals surface area contributed by atoms with Gasteiger partial charge in [-0.1, -0.05) is 36.4 Å². The summed E-state index contributed by atoms with van der Waals surface area (Å²) in [5.74, 6) is -1.32. The zero-order chi connectivity index (χ0) is 19.5. The summed E-state index contributed by atoms with van der Waals surface area (Å²) in [5.41, 5.74) is 3.62. The van der Waals surface area contributed by atoms with Crippen molar-refractivity contribution in [2.24, 2.45) is 11.0 Å². The Balaban J connectivity index is 1.53. The van der Waals surface area contributed by atoms with Crippen molar-refractivity contribution in [2.45, 2.75) is 13.3 Å². The fourth-order valence-electron chi connectivity index (χ4n) is 3.28. The molecule has 138 valence electrons. The van der Waals surface area contributed by atoms with Gasteiger partial charge in [0.1, 0.15) is 5.92 Å². The first-order chi connectivity index (χ1) is 13.6. The number of carbonyl (C=O) groups excluding carboxylic acids is 2. The molecule has 0 bridgehead atoms. The van der Waals surface area contributed by atoms with E-state index in [9.17, 15) is 9.59 Å².